The molecule has 2 aromatic carbocycles. The molecule has 0 aliphatic carbocycles. The molecular formula is C18H17ClN2O2. The zero-order valence-electron chi connectivity index (χ0n) is 13.0. The highest BCUT2D eigenvalue weighted by Gasteiger charge is 2.11. The predicted molar refractivity (Wildman–Crippen MR) is 89.6 cm³/mol. The molecule has 0 bridgehead atoms. The van der Waals surface area contributed by atoms with E-state index < -0.39 is 0 Å². The fraction of sp³-hybridized carbons (Fsp3) is 0.222. The van der Waals surface area contributed by atoms with Crippen LogP contribution in [0.2, 0.25) is 5.02 Å². The van der Waals surface area contributed by atoms with Crippen molar-refractivity contribution in [1.82, 2.24) is 10.1 Å². The van der Waals surface area contributed by atoms with Crippen LogP contribution in [0.15, 0.2) is 53.1 Å². The fourth-order valence-corrected chi connectivity index (χ4v) is 2.38. The van der Waals surface area contributed by atoms with E-state index in [1.807, 2.05) is 30.3 Å². The van der Waals surface area contributed by atoms with Crippen molar-refractivity contribution in [3.8, 4) is 17.1 Å². The van der Waals surface area contributed by atoms with Crippen molar-refractivity contribution < 1.29 is 9.26 Å². The van der Waals surface area contributed by atoms with Gasteiger partial charge in [0.2, 0.25) is 5.82 Å². The molecule has 5 heteroatoms. The number of benzene rings is 2. The third-order valence-electron chi connectivity index (χ3n) is 3.49. The second-order valence-corrected chi connectivity index (χ2v) is 5.91. The summed E-state index contributed by atoms with van der Waals surface area (Å²) in [6.07, 6.45) is 0. The molecular weight excluding hydrogens is 312 g/mol. The second kappa shape index (κ2) is 6.84. The van der Waals surface area contributed by atoms with Gasteiger partial charge < -0.3 is 9.26 Å². The number of hydrogen-bond acceptors (Lipinski definition) is 4. The molecule has 0 N–H and O–H groups in total. The molecule has 0 saturated heterocycles. The molecule has 0 saturated carbocycles. The zero-order chi connectivity index (χ0) is 16.2. The maximum absolute atomic E-state index is 6.13. The van der Waals surface area contributed by atoms with E-state index >= 15 is 0 Å². The van der Waals surface area contributed by atoms with Crippen molar-refractivity contribution in [3.63, 3.8) is 0 Å². The van der Waals surface area contributed by atoms with E-state index in [2.05, 4.69) is 36.1 Å². The number of aromatic nitrogens is 2. The Morgan fingerprint density at radius 2 is 1.83 bits per heavy atom. The van der Waals surface area contributed by atoms with Gasteiger partial charge in [0.1, 0.15) is 5.75 Å². The Morgan fingerprint density at radius 1 is 1.09 bits per heavy atom. The summed E-state index contributed by atoms with van der Waals surface area (Å²) in [7, 11) is 0. The van der Waals surface area contributed by atoms with Crippen LogP contribution in [0.3, 0.4) is 0 Å². The van der Waals surface area contributed by atoms with Crippen LogP contribution in [0.1, 0.15) is 31.2 Å². The van der Waals surface area contributed by atoms with Crippen molar-refractivity contribution in [3.05, 3.63) is 65.0 Å². The van der Waals surface area contributed by atoms with Crippen LogP contribution in [0, 0.1) is 0 Å². The average molecular weight is 329 g/mol. The van der Waals surface area contributed by atoms with Crippen molar-refractivity contribution in [2.24, 2.45) is 0 Å². The minimum atomic E-state index is 0.221. The van der Waals surface area contributed by atoms with Gasteiger partial charge in [0, 0.05) is 5.56 Å². The topological polar surface area (TPSA) is 48.2 Å². The zero-order valence-corrected chi connectivity index (χ0v) is 13.7. The lowest BCUT2D eigenvalue weighted by Crippen LogP contribution is -1.96. The molecule has 4 nitrogen and oxygen atoms in total. The number of rotatable bonds is 5. The van der Waals surface area contributed by atoms with Crippen LogP contribution in [-0.2, 0) is 6.61 Å². The first-order valence-electron chi connectivity index (χ1n) is 7.43. The van der Waals surface area contributed by atoms with Gasteiger partial charge in [-0.1, -0.05) is 54.9 Å². The summed E-state index contributed by atoms with van der Waals surface area (Å²) in [6, 6.07) is 15.4. The second-order valence-electron chi connectivity index (χ2n) is 5.50. The molecule has 1 heterocycles. The van der Waals surface area contributed by atoms with Crippen LogP contribution in [-0.4, -0.2) is 10.1 Å². The summed E-state index contributed by atoms with van der Waals surface area (Å²) < 4.78 is 10.9. The van der Waals surface area contributed by atoms with E-state index in [0.29, 0.717) is 22.7 Å². The Labute approximate surface area is 140 Å². The van der Waals surface area contributed by atoms with Crippen LogP contribution >= 0.6 is 11.6 Å². The molecule has 0 aliphatic heterocycles. The van der Waals surface area contributed by atoms with Crippen LogP contribution in [0.25, 0.3) is 11.4 Å². The normalized spacial score (nSPS) is 11.0. The van der Waals surface area contributed by atoms with Crippen molar-refractivity contribution >= 4 is 11.6 Å². The number of hydrogen-bond donors (Lipinski definition) is 0. The highest BCUT2D eigenvalue weighted by molar-refractivity contribution is 6.33. The van der Waals surface area contributed by atoms with E-state index in [1.165, 1.54) is 5.56 Å². The summed E-state index contributed by atoms with van der Waals surface area (Å²) in [5, 5.41) is 4.53. The average Bonchev–Trinajstić information content (AvgIpc) is 3.02. The molecule has 0 spiro atoms. The van der Waals surface area contributed by atoms with E-state index in [1.54, 1.807) is 6.07 Å². The molecule has 3 rings (SSSR count). The standard InChI is InChI=1S/C18H17ClN2O2/c1-12(2)13-7-9-14(10-8-13)22-11-17-20-18(21-23-17)15-5-3-4-6-16(15)19/h3-10,12H,11H2,1-2H3. The Balaban J connectivity index is 1.67. The quantitative estimate of drug-likeness (QED) is 0.654. The number of ether oxygens (including phenoxy) is 1. The summed E-state index contributed by atoms with van der Waals surface area (Å²) in [4.78, 5) is 4.31. The Kier molecular flexibility index (Phi) is 4.63. The molecule has 1 aromatic heterocycles. The first-order chi connectivity index (χ1) is 11.1. The maximum atomic E-state index is 6.13. The van der Waals surface area contributed by atoms with Gasteiger partial charge in [-0.2, -0.15) is 4.98 Å². The van der Waals surface area contributed by atoms with Gasteiger partial charge in [-0.3, -0.25) is 0 Å². The van der Waals surface area contributed by atoms with Gasteiger partial charge in [-0.15, -0.1) is 0 Å². The smallest absolute Gasteiger partial charge is 0.264 e. The lowest BCUT2D eigenvalue weighted by molar-refractivity contribution is 0.243. The van der Waals surface area contributed by atoms with Gasteiger partial charge in [0.15, 0.2) is 6.61 Å². The van der Waals surface area contributed by atoms with Gasteiger partial charge in [-0.05, 0) is 35.7 Å². The molecule has 118 valence electrons. The van der Waals surface area contributed by atoms with Crippen molar-refractivity contribution in [1.29, 1.82) is 0 Å². The van der Waals surface area contributed by atoms with Crippen LogP contribution in [0.5, 0.6) is 5.75 Å². The minimum Gasteiger partial charge on any atom is -0.484 e. The van der Waals surface area contributed by atoms with Gasteiger partial charge in [0.05, 0.1) is 5.02 Å². The van der Waals surface area contributed by atoms with E-state index in [9.17, 15) is 0 Å². The maximum Gasteiger partial charge on any atom is 0.264 e. The predicted octanol–water partition coefficient (Wildman–Crippen LogP) is 5.09. The molecule has 0 aliphatic rings. The van der Waals surface area contributed by atoms with Crippen molar-refractivity contribution in [2.45, 2.75) is 26.4 Å². The summed E-state index contributed by atoms with van der Waals surface area (Å²) in [6.45, 7) is 4.54. The molecule has 3 aromatic rings. The van der Waals surface area contributed by atoms with E-state index in [4.69, 9.17) is 20.9 Å². The highest BCUT2D eigenvalue weighted by atomic mass is 35.5. The molecule has 0 unspecified atom stereocenters. The summed E-state index contributed by atoms with van der Waals surface area (Å²) >= 11 is 6.13. The first-order valence-corrected chi connectivity index (χ1v) is 7.81. The molecule has 0 fully saturated rings. The third kappa shape index (κ3) is 3.71. The molecule has 0 radical (unpaired) electrons. The van der Waals surface area contributed by atoms with Gasteiger partial charge in [0.25, 0.3) is 5.89 Å². The fourth-order valence-electron chi connectivity index (χ4n) is 2.16. The largest absolute Gasteiger partial charge is 0.484 e. The SMILES string of the molecule is CC(C)c1ccc(OCc2nc(-c3ccccc3Cl)no2)cc1. The Morgan fingerprint density at radius 3 is 2.52 bits per heavy atom. The molecule has 0 amide bonds. The first kappa shape index (κ1) is 15.6. The molecule has 0 atom stereocenters. The lowest BCUT2D eigenvalue weighted by atomic mass is 10.0. The van der Waals surface area contributed by atoms with E-state index in [-0.39, 0.29) is 6.61 Å². The Bertz CT molecular complexity index is 782. The third-order valence-corrected chi connectivity index (χ3v) is 3.82. The number of nitrogens with zero attached hydrogens (tertiary/aromatic N) is 2. The summed E-state index contributed by atoms with van der Waals surface area (Å²) in [5.74, 6) is 2.14. The van der Waals surface area contributed by atoms with E-state index in [0.717, 1.165) is 11.3 Å². The number of halogens is 1. The monoisotopic (exact) mass is 328 g/mol. The molecule has 23 heavy (non-hydrogen) atoms. The van der Waals surface area contributed by atoms with Crippen molar-refractivity contribution in [2.75, 3.05) is 0 Å². The van der Waals surface area contributed by atoms with Gasteiger partial charge in [-0.25, -0.2) is 0 Å². The van der Waals surface area contributed by atoms with Crippen LogP contribution in [0.4, 0.5) is 0 Å². The minimum absolute atomic E-state index is 0.221. The Hall–Kier alpha value is -2.33. The lowest BCUT2D eigenvalue weighted by Gasteiger charge is -2.07. The summed E-state index contributed by atoms with van der Waals surface area (Å²) in [5.41, 5.74) is 2.02. The highest BCUT2D eigenvalue weighted by Crippen LogP contribution is 2.25. The van der Waals surface area contributed by atoms with Crippen LogP contribution < -0.4 is 4.74 Å². The van der Waals surface area contributed by atoms with Gasteiger partial charge >= 0.3 is 0 Å².